The Bertz CT molecular complexity index is 323. The Kier molecular flexibility index (Phi) is 3.95. The molecule has 78 valence electrons. The quantitative estimate of drug-likeness (QED) is 0.725. The third kappa shape index (κ3) is 2.48. The van der Waals surface area contributed by atoms with E-state index in [-0.39, 0.29) is 5.69 Å². The molecule has 1 rings (SSSR count). The second-order valence-electron chi connectivity index (χ2n) is 2.81. The topological polar surface area (TPSA) is 44.1 Å². The second-order valence-corrected chi connectivity index (χ2v) is 3.22. The van der Waals surface area contributed by atoms with E-state index in [9.17, 15) is 4.79 Å². The van der Waals surface area contributed by atoms with Crippen LogP contribution >= 0.6 is 11.6 Å². The van der Waals surface area contributed by atoms with Crippen molar-refractivity contribution in [1.29, 1.82) is 0 Å². The Balaban J connectivity index is 2.81. The number of ether oxygens (including phenoxy) is 1. The predicted molar refractivity (Wildman–Crippen MR) is 53.5 cm³/mol. The number of halogens is 1. The summed E-state index contributed by atoms with van der Waals surface area (Å²) in [4.78, 5) is 11.3. The minimum absolute atomic E-state index is 0.196. The first-order chi connectivity index (χ1) is 6.69. The van der Waals surface area contributed by atoms with Gasteiger partial charge in [-0.25, -0.2) is 4.79 Å². The Morgan fingerprint density at radius 3 is 2.93 bits per heavy atom. The first-order valence-electron chi connectivity index (χ1n) is 4.59. The van der Waals surface area contributed by atoms with Crippen molar-refractivity contribution in [2.75, 3.05) is 6.61 Å². The molecule has 0 spiro atoms. The number of aryl methyl sites for hydroxylation is 1. The van der Waals surface area contributed by atoms with Crippen LogP contribution in [-0.4, -0.2) is 22.4 Å². The zero-order chi connectivity index (χ0) is 10.6. The summed E-state index contributed by atoms with van der Waals surface area (Å²) in [5.41, 5.74) is 0.196. The van der Waals surface area contributed by atoms with Crippen LogP contribution in [0.3, 0.4) is 0 Å². The molecular weight excluding hydrogens is 204 g/mol. The van der Waals surface area contributed by atoms with E-state index in [1.165, 1.54) is 0 Å². The zero-order valence-corrected chi connectivity index (χ0v) is 9.04. The fraction of sp³-hybridized carbons (Fsp3) is 0.556. The highest BCUT2D eigenvalue weighted by Crippen LogP contribution is 2.15. The lowest BCUT2D eigenvalue weighted by molar-refractivity contribution is 0.0518. The molecule has 0 amide bonds. The Morgan fingerprint density at radius 1 is 1.64 bits per heavy atom. The highest BCUT2D eigenvalue weighted by Gasteiger charge is 2.15. The van der Waals surface area contributed by atoms with Crippen molar-refractivity contribution in [3.8, 4) is 0 Å². The molecule has 14 heavy (non-hydrogen) atoms. The van der Waals surface area contributed by atoms with Crippen LogP contribution < -0.4 is 0 Å². The van der Waals surface area contributed by atoms with Gasteiger partial charge in [-0.1, -0.05) is 18.5 Å². The lowest BCUT2D eigenvalue weighted by atomic mass is 10.4. The fourth-order valence-corrected chi connectivity index (χ4v) is 1.31. The molecule has 0 N–H and O–H groups in total. The van der Waals surface area contributed by atoms with Gasteiger partial charge in [-0.15, -0.1) is 0 Å². The summed E-state index contributed by atoms with van der Waals surface area (Å²) in [6, 6.07) is 0. The van der Waals surface area contributed by atoms with Gasteiger partial charge in [0.05, 0.1) is 11.6 Å². The van der Waals surface area contributed by atoms with Crippen molar-refractivity contribution in [2.24, 2.45) is 0 Å². The molecule has 1 heterocycles. The monoisotopic (exact) mass is 216 g/mol. The molecule has 1 aromatic heterocycles. The van der Waals surface area contributed by atoms with E-state index in [0.29, 0.717) is 11.6 Å². The summed E-state index contributed by atoms with van der Waals surface area (Å²) in [5, 5.41) is 4.37. The van der Waals surface area contributed by atoms with Gasteiger partial charge in [0.1, 0.15) is 0 Å². The predicted octanol–water partition coefficient (Wildman–Crippen LogP) is 2.12. The maximum atomic E-state index is 11.3. The molecule has 0 unspecified atom stereocenters. The van der Waals surface area contributed by atoms with Crippen LogP contribution in [0.15, 0.2) is 6.20 Å². The van der Waals surface area contributed by atoms with Crippen molar-refractivity contribution in [3.05, 3.63) is 16.9 Å². The smallest absolute Gasteiger partial charge is 0.360 e. The van der Waals surface area contributed by atoms with Gasteiger partial charge < -0.3 is 4.74 Å². The lowest BCUT2D eigenvalue weighted by Gasteiger charge is -1.98. The van der Waals surface area contributed by atoms with Crippen molar-refractivity contribution in [3.63, 3.8) is 0 Å². The van der Waals surface area contributed by atoms with Crippen LogP contribution in [0.25, 0.3) is 0 Å². The van der Waals surface area contributed by atoms with E-state index in [0.717, 1.165) is 13.0 Å². The molecule has 0 bridgehead atoms. The number of hydrogen-bond acceptors (Lipinski definition) is 3. The average molecular weight is 217 g/mol. The van der Waals surface area contributed by atoms with Crippen LogP contribution in [0, 0.1) is 0 Å². The Morgan fingerprint density at radius 2 is 2.36 bits per heavy atom. The summed E-state index contributed by atoms with van der Waals surface area (Å²) in [6.45, 7) is 4.85. The highest BCUT2D eigenvalue weighted by molar-refractivity contribution is 6.33. The molecule has 4 nitrogen and oxygen atoms in total. The third-order valence-corrected chi connectivity index (χ3v) is 1.92. The van der Waals surface area contributed by atoms with Gasteiger partial charge in [-0.05, 0) is 13.3 Å². The molecule has 0 saturated heterocycles. The molecule has 0 aliphatic carbocycles. The van der Waals surface area contributed by atoms with E-state index in [4.69, 9.17) is 16.3 Å². The first-order valence-corrected chi connectivity index (χ1v) is 4.96. The third-order valence-electron chi connectivity index (χ3n) is 1.64. The number of hydrogen-bond donors (Lipinski definition) is 0. The van der Waals surface area contributed by atoms with E-state index >= 15 is 0 Å². The number of carbonyl (C=O) groups is 1. The van der Waals surface area contributed by atoms with Crippen molar-refractivity contribution < 1.29 is 9.53 Å². The van der Waals surface area contributed by atoms with E-state index < -0.39 is 5.97 Å². The van der Waals surface area contributed by atoms with Crippen LogP contribution in [-0.2, 0) is 11.3 Å². The number of esters is 1. The average Bonchev–Trinajstić information content (AvgIpc) is 2.48. The Hall–Kier alpha value is -1.03. The SMILES string of the molecule is CCCn1cc(Cl)c(C(=O)OCC)n1. The molecule has 0 atom stereocenters. The minimum atomic E-state index is -0.465. The maximum absolute atomic E-state index is 11.3. The van der Waals surface area contributed by atoms with Crippen LogP contribution in [0.5, 0.6) is 0 Å². The van der Waals surface area contributed by atoms with Gasteiger partial charge in [0, 0.05) is 12.7 Å². The fourth-order valence-electron chi connectivity index (χ4n) is 1.08. The molecule has 0 radical (unpaired) electrons. The molecular formula is C9H13ClN2O2. The van der Waals surface area contributed by atoms with Gasteiger partial charge in [-0.2, -0.15) is 5.10 Å². The molecule has 0 aromatic carbocycles. The molecule has 0 aliphatic heterocycles. The standard InChI is InChI=1S/C9H13ClN2O2/c1-3-5-12-6-7(10)8(11-12)9(13)14-4-2/h6H,3-5H2,1-2H3. The number of rotatable bonds is 4. The number of nitrogens with zero attached hydrogens (tertiary/aromatic N) is 2. The van der Waals surface area contributed by atoms with E-state index in [1.54, 1.807) is 17.8 Å². The van der Waals surface area contributed by atoms with E-state index in [1.807, 2.05) is 6.92 Å². The number of carbonyl (C=O) groups excluding carboxylic acids is 1. The molecule has 0 aliphatic rings. The second kappa shape index (κ2) is 5.00. The summed E-state index contributed by atoms with van der Waals surface area (Å²) < 4.78 is 6.45. The lowest BCUT2D eigenvalue weighted by Crippen LogP contribution is -2.07. The van der Waals surface area contributed by atoms with Gasteiger partial charge >= 0.3 is 5.97 Å². The highest BCUT2D eigenvalue weighted by atomic mass is 35.5. The molecule has 1 aromatic rings. The van der Waals surface area contributed by atoms with Gasteiger partial charge in [-0.3, -0.25) is 4.68 Å². The minimum Gasteiger partial charge on any atom is -0.461 e. The number of aromatic nitrogens is 2. The van der Waals surface area contributed by atoms with Crippen LogP contribution in [0.2, 0.25) is 5.02 Å². The summed E-state index contributed by atoms with van der Waals surface area (Å²) in [7, 11) is 0. The summed E-state index contributed by atoms with van der Waals surface area (Å²) in [6.07, 6.45) is 2.58. The van der Waals surface area contributed by atoms with E-state index in [2.05, 4.69) is 5.10 Å². The Labute approximate surface area is 87.8 Å². The summed E-state index contributed by atoms with van der Waals surface area (Å²) in [5.74, 6) is -0.465. The van der Waals surface area contributed by atoms with Gasteiger partial charge in [0.2, 0.25) is 0 Å². The van der Waals surface area contributed by atoms with Crippen LogP contribution in [0.4, 0.5) is 0 Å². The molecule has 5 heteroatoms. The molecule has 0 fully saturated rings. The first kappa shape index (κ1) is 11.0. The molecule has 0 saturated carbocycles. The normalized spacial score (nSPS) is 10.2. The maximum Gasteiger partial charge on any atom is 0.360 e. The van der Waals surface area contributed by atoms with Gasteiger partial charge in [0.25, 0.3) is 0 Å². The van der Waals surface area contributed by atoms with Crippen LogP contribution in [0.1, 0.15) is 30.8 Å². The van der Waals surface area contributed by atoms with Crippen molar-refractivity contribution in [2.45, 2.75) is 26.8 Å². The largest absolute Gasteiger partial charge is 0.461 e. The van der Waals surface area contributed by atoms with Crippen molar-refractivity contribution >= 4 is 17.6 Å². The summed E-state index contributed by atoms with van der Waals surface area (Å²) >= 11 is 5.83. The van der Waals surface area contributed by atoms with Crippen molar-refractivity contribution in [1.82, 2.24) is 9.78 Å². The zero-order valence-electron chi connectivity index (χ0n) is 8.29. The van der Waals surface area contributed by atoms with Gasteiger partial charge in [0.15, 0.2) is 5.69 Å².